The number of aryl methyl sites for hydroxylation is 1. The molecule has 0 unspecified atom stereocenters. The van der Waals surface area contributed by atoms with Crippen molar-refractivity contribution in [2.45, 2.75) is 13.8 Å². The molecule has 4 heteroatoms. The van der Waals surface area contributed by atoms with E-state index >= 15 is 0 Å². The molecule has 0 atom stereocenters. The summed E-state index contributed by atoms with van der Waals surface area (Å²) in [6, 6.07) is 3.42. The molecule has 0 bridgehead atoms. The first kappa shape index (κ1) is 13.3. The van der Waals surface area contributed by atoms with Crippen molar-refractivity contribution >= 4 is 6.21 Å². The highest BCUT2D eigenvalue weighted by Crippen LogP contribution is 2.05. The summed E-state index contributed by atoms with van der Waals surface area (Å²) in [4.78, 5) is 0. The van der Waals surface area contributed by atoms with E-state index in [2.05, 4.69) is 0 Å². The van der Waals surface area contributed by atoms with Gasteiger partial charge in [-0.2, -0.15) is 0 Å². The van der Waals surface area contributed by atoms with Crippen LogP contribution in [0.3, 0.4) is 0 Å². The van der Waals surface area contributed by atoms with E-state index in [1.54, 1.807) is 13.8 Å². The number of rotatable bonds is 1. The lowest BCUT2D eigenvalue weighted by molar-refractivity contribution is 0.581. The molecule has 0 saturated heterocycles. The van der Waals surface area contributed by atoms with Crippen LogP contribution < -0.4 is 5.73 Å². The monoisotopic (exact) mass is 212 g/mol. The minimum Gasteiger partial charge on any atom is -0.404 e. The van der Waals surface area contributed by atoms with E-state index in [0.29, 0.717) is 5.56 Å². The summed E-state index contributed by atoms with van der Waals surface area (Å²) in [5.74, 6) is -1.04. The quantitative estimate of drug-likeness (QED) is 0.691. The maximum atomic E-state index is 12.2. The predicted octanol–water partition coefficient (Wildman–Crippen LogP) is 2.77. The van der Waals surface area contributed by atoms with E-state index in [9.17, 15) is 8.78 Å². The molecule has 1 aromatic rings. The second-order valence-corrected chi connectivity index (χ2v) is 3.00. The highest BCUT2D eigenvalue weighted by molar-refractivity contribution is 5.74. The van der Waals surface area contributed by atoms with Gasteiger partial charge in [0.15, 0.2) is 0 Å². The van der Waals surface area contributed by atoms with Gasteiger partial charge in [0.1, 0.15) is 11.6 Å². The second-order valence-electron chi connectivity index (χ2n) is 3.00. The van der Waals surface area contributed by atoms with Crippen molar-refractivity contribution in [2.75, 3.05) is 0 Å². The van der Waals surface area contributed by atoms with Gasteiger partial charge >= 0.3 is 0 Å². The molecule has 0 aromatic heterocycles. The molecule has 0 amide bonds. The van der Waals surface area contributed by atoms with Crippen molar-refractivity contribution in [3.63, 3.8) is 0 Å². The molecule has 1 aromatic carbocycles. The van der Waals surface area contributed by atoms with E-state index in [0.717, 1.165) is 11.6 Å². The van der Waals surface area contributed by atoms with Crippen molar-refractivity contribution in [1.82, 2.24) is 0 Å². The minimum atomic E-state index is -0.521. The Hall–Kier alpha value is -1.71. The summed E-state index contributed by atoms with van der Waals surface area (Å²) >= 11 is 0. The molecule has 3 N–H and O–H groups in total. The lowest BCUT2D eigenvalue weighted by atomic mass is 10.2. The third-order valence-electron chi connectivity index (χ3n) is 1.50. The number of nitrogens with one attached hydrogen (secondary N) is 1. The van der Waals surface area contributed by atoms with Crippen LogP contribution in [0.1, 0.15) is 12.5 Å². The van der Waals surface area contributed by atoms with Crippen LogP contribution in [0.15, 0.2) is 30.0 Å². The van der Waals surface area contributed by atoms with Gasteiger partial charge in [-0.05, 0) is 43.3 Å². The zero-order valence-electron chi connectivity index (χ0n) is 8.72. The van der Waals surface area contributed by atoms with E-state index in [1.807, 2.05) is 0 Å². The first-order valence-corrected chi connectivity index (χ1v) is 4.31. The van der Waals surface area contributed by atoms with Crippen molar-refractivity contribution in [1.29, 1.82) is 5.41 Å². The van der Waals surface area contributed by atoms with Crippen molar-refractivity contribution in [3.05, 3.63) is 47.2 Å². The fraction of sp³-hybridized carbons (Fsp3) is 0.182. The zero-order chi connectivity index (χ0) is 11.8. The van der Waals surface area contributed by atoms with Crippen LogP contribution in [0.4, 0.5) is 8.78 Å². The number of hydrogen-bond donors (Lipinski definition) is 2. The largest absolute Gasteiger partial charge is 0.404 e. The summed E-state index contributed by atoms with van der Waals surface area (Å²) in [5, 5.41) is 6.54. The Bertz CT molecular complexity index is 309. The molecule has 1 rings (SSSR count). The SMILES string of the molecule is C/C(C=N)=C/N.Cc1cc(F)cc(F)c1. The van der Waals surface area contributed by atoms with E-state index in [-0.39, 0.29) is 0 Å². The van der Waals surface area contributed by atoms with Gasteiger partial charge in [-0.3, -0.25) is 0 Å². The van der Waals surface area contributed by atoms with Gasteiger partial charge in [0, 0.05) is 12.3 Å². The molecule has 15 heavy (non-hydrogen) atoms. The smallest absolute Gasteiger partial charge is 0.126 e. The average molecular weight is 212 g/mol. The summed E-state index contributed by atoms with van der Waals surface area (Å²) in [7, 11) is 0. The molecule has 0 radical (unpaired) electrons. The van der Waals surface area contributed by atoms with Gasteiger partial charge in [-0.15, -0.1) is 0 Å². The standard InChI is InChI=1S/C7H6F2.C4H8N2/c1-5-2-6(8)4-7(9)3-5;1-4(2-5)3-6/h2-4H,1H3;2-3,5H,6H2,1H3/b;4-3-,5-2?. The van der Waals surface area contributed by atoms with Crippen molar-refractivity contribution in [3.8, 4) is 0 Å². The second kappa shape index (κ2) is 6.70. The zero-order valence-corrected chi connectivity index (χ0v) is 8.72. The maximum absolute atomic E-state index is 12.2. The van der Waals surface area contributed by atoms with Crippen LogP contribution in [0.5, 0.6) is 0 Å². The fourth-order valence-corrected chi connectivity index (χ4v) is 0.740. The Kier molecular flexibility index (Phi) is 5.94. The van der Waals surface area contributed by atoms with Crippen LogP contribution in [-0.4, -0.2) is 6.21 Å². The third kappa shape index (κ3) is 6.37. The Balaban J connectivity index is 0.000000288. The number of benzene rings is 1. The van der Waals surface area contributed by atoms with E-state index < -0.39 is 11.6 Å². The topological polar surface area (TPSA) is 49.9 Å². The Morgan fingerprint density at radius 3 is 1.93 bits per heavy atom. The summed E-state index contributed by atoms with van der Waals surface area (Å²) < 4.78 is 24.4. The normalized spacial score (nSPS) is 10.3. The van der Waals surface area contributed by atoms with Gasteiger partial charge in [-0.25, -0.2) is 8.78 Å². The van der Waals surface area contributed by atoms with Crippen molar-refractivity contribution < 1.29 is 8.78 Å². The van der Waals surface area contributed by atoms with Crippen molar-refractivity contribution in [2.24, 2.45) is 5.73 Å². The Morgan fingerprint density at radius 1 is 1.27 bits per heavy atom. The maximum Gasteiger partial charge on any atom is 0.126 e. The molecule has 0 spiro atoms. The predicted molar refractivity (Wildman–Crippen MR) is 57.8 cm³/mol. The van der Waals surface area contributed by atoms with Gasteiger partial charge < -0.3 is 11.1 Å². The third-order valence-corrected chi connectivity index (χ3v) is 1.50. The molecular weight excluding hydrogens is 198 g/mol. The Labute approximate surface area is 87.9 Å². The summed E-state index contributed by atoms with van der Waals surface area (Å²) in [5.41, 5.74) is 6.36. The molecule has 0 aliphatic rings. The van der Waals surface area contributed by atoms with Crippen LogP contribution in [0.2, 0.25) is 0 Å². The van der Waals surface area contributed by atoms with Crippen LogP contribution >= 0.6 is 0 Å². The first-order chi connectivity index (χ1) is 6.99. The molecular formula is C11H14F2N2. The Morgan fingerprint density at radius 2 is 1.73 bits per heavy atom. The number of allylic oxidation sites excluding steroid dienone is 1. The lowest BCUT2D eigenvalue weighted by Gasteiger charge is -1.91. The first-order valence-electron chi connectivity index (χ1n) is 4.31. The molecule has 0 saturated carbocycles. The van der Waals surface area contributed by atoms with E-state index in [1.165, 1.54) is 24.5 Å². The molecule has 0 aliphatic heterocycles. The van der Waals surface area contributed by atoms with Crippen LogP contribution in [0, 0.1) is 24.0 Å². The molecule has 0 heterocycles. The highest BCUT2D eigenvalue weighted by atomic mass is 19.1. The molecule has 82 valence electrons. The van der Waals surface area contributed by atoms with Crippen LogP contribution in [-0.2, 0) is 0 Å². The van der Waals surface area contributed by atoms with E-state index in [4.69, 9.17) is 11.1 Å². The van der Waals surface area contributed by atoms with Crippen LogP contribution in [0.25, 0.3) is 0 Å². The highest BCUT2D eigenvalue weighted by Gasteiger charge is 1.93. The number of hydrogen-bond acceptors (Lipinski definition) is 2. The van der Waals surface area contributed by atoms with Gasteiger partial charge in [-0.1, -0.05) is 0 Å². The average Bonchev–Trinajstić information content (AvgIpc) is 2.15. The molecule has 0 fully saturated rings. The number of nitrogens with two attached hydrogens (primary N) is 1. The van der Waals surface area contributed by atoms with Gasteiger partial charge in [0.05, 0.1) is 0 Å². The molecule has 2 nitrogen and oxygen atoms in total. The minimum absolute atomic E-state index is 0.521. The lowest BCUT2D eigenvalue weighted by Crippen LogP contribution is -1.82. The number of halogens is 2. The molecule has 0 aliphatic carbocycles. The van der Waals surface area contributed by atoms with Gasteiger partial charge in [0.25, 0.3) is 0 Å². The fourth-order valence-electron chi connectivity index (χ4n) is 0.740. The summed E-state index contributed by atoms with van der Waals surface area (Å²) in [6.07, 6.45) is 2.60. The van der Waals surface area contributed by atoms with Gasteiger partial charge in [0.2, 0.25) is 0 Å². The summed E-state index contributed by atoms with van der Waals surface area (Å²) in [6.45, 7) is 3.42.